The van der Waals surface area contributed by atoms with Gasteiger partial charge < -0.3 is 9.88 Å². The molecule has 31 heavy (non-hydrogen) atoms. The molecule has 1 fully saturated rings. The van der Waals surface area contributed by atoms with E-state index in [-0.39, 0.29) is 11.9 Å². The number of carbonyl (C=O) groups is 1. The molecule has 1 aliphatic rings. The molecule has 0 spiro atoms. The Morgan fingerprint density at radius 1 is 1.06 bits per heavy atom. The first-order valence-corrected chi connectivity index (χ1v) is 11.1. The predicted octanol–water partition coefficient (Wildman–Crippen LogP) is 5.83. The van der Waals surface area contributed by atoms with Gasteiger partial charge in [0.15, 0.2) is 0 Å². The fourth-order valence-corrected chi connectivity index (χ4v) is 4.76. The van der Waals surface area contributed by atoms with Crippen LogP contribution in [0.4, 0.5) is 0 Å². The van der Waals surface area contributed by atoms with Crippen molar-refractivity contribution in [2.24, 2.45) is 0 Å². The second-order valence-electron chi connectivity index (χ2n) is 8.39. The van der Waals surface area contributed by atoms with Crippen LogP contribution in [0.5, 0.6) is 0 Å². The number of para-hydroxylation sites is 1. The van der Waals surface area contributed by atoms with Crippen molar-refractivity contribution in [3.8, 4) is 11.1 Å². The molecule has 1 unspecified atom stereocenters. The minimum absolute atomic E-state index is 0.0674. The molecule has 3 heterocycles. The van der Waals surface area contributed by atoms with E-state index in [9.17, 15) is 4.79 Å². The highest BCUT2D eigenvalue weighted by atomic mass is 16.2. The smallest absolute Gasteiger partial charge is 0.223 e. The minimum Gasteiger partial charge on any atom is -0.361 e. The zero-order chi connectivity index (χ0) is 21.2. The van der Waals surface area contributed by atoms with E-state index in [1.165, 1.54) is 22.1 Å². The Hall–Kier alpha value is -3.40. The number of aryl methyl sites for hydroxylation is 2. The molecule has 1 amide bonds. The first-order chi connectivity index (χ1) is 15.2. The van der Waals surface area contributed by atoms with Crippen LogP contribution in [-0.4, -0.2) is 27.3 Å². The molecule has 2 aromatic carbocycles. The van der Waals surface area contributed by atoms with Crippen molar-refractivity contribution in [1.82, 2.24) is 14.9 Å². The number of rotatable bonds is 5. The quantitative estimate of drug-likeness (QED) is 0.450. The van der Waals surface area contributed by atoms with Gasteiger partial charge in [-0.1, -0.05) is 48.5 Å². The van der Waals surface area contributed by atoms with Crippen LogP contribution in [-0.2, 0) is 11.2 Å². The van der Waals surface area contributed by atoms with Crippen molar-refractivity contribution in [1.29, 1.82) is 0 Å². The van der Waals surface area contributed by atoms with Crippen LogP contribution in [0.15, 0.2) is 72.9 Å². The third-order valence-electron chi connectivity index (χ3n) is 6.28. The van der Waals surface area contributed by atoms with Gasteiger partial charge in [0.2, 0.25) is 5.91 Å². The number of nitrogens with one attached hydrogen (secondary N) is 1. The van der Waals surface area contributed by atoms with Crippen LogP contribution in [0.1, 0.15) is 42.3 Å². The first-order valence-electron chi connectivity index (χ1n) is 11.1. The highest BCUT2D eigenvalue weighted by Gasteiger charge is 2.31. The van der Waals surface area contributed by atoms with E-state index < -0.39 is 0 Å². The lowest BCUT2D eigenvalue weighted by Crippen LogP contribution is -2.31. The molecule has 0 bridgehead atoms. The summed E-state index contributed by atoms with van der Waals surface area (Å²) in [5.74, 6) is 0.220. The molecule has 0 aliphatic carbocycles. The molecule has 4 heteroatoms. The Balaban J connectivity index is 1.35. The average Bonchev–Trinajstić information content (AvgIpc) is 3.45. The Morgan fingerprint density at radius 3 is 2.74 bits per heavy atom. The van der Waals surface area contributed by atoms with Gasteiger partial charge in [0.05, 0.1) is 11.7 Å². The SMILES string of the molecule is Cc1cc(-c2ccccc2)cc(C2CCCN2C(=O)CCc2c[nH]c3ccccc23)n1. The van der Waals surface area contributed by atoms with Gasteiger partial charge in [-0.3, -0.25) is 9.78 Å². The Kier molecular flexibility index (Phi) is 5.29. The van der Waals surface area contributed by atoms with E-state index >= 15 is 0 Å². The van der Waals surface area contributed by atoms with Crippen molar-refractivity contribution < 1.29 is 4.79 Å². The number of aromatic amines is 1. The number of pyridine rings is 1. The molecule has 1 N–H and O–H groups in total. The summed E-state index contributed by atoms with van der Waals surface area (Å²) in [7, 11) is 0. The molecule has 0 radical (unpaired) electrons. The van der Waals surface area contributed by atoms with Gasteiger partial charge in [0, 0.05) is 35.8 Å². The van der Waals surface area contributed by atoms with E-state index in [1.807, 2.05) is 36.2 Å². The number of fused-ring (bicyclic) bond motifs is 1. The van der Waals surface area contributed by atoms with Crippen molar-refractivity contribution >= 4 is 16.8 Å². The summed E-state index contributed by atoms with van der Waals surface area (Å²) in [5, 5.41) is 1.21. The summed E-state index contributed by atoms with van der Waals surface area (Å²) in [5.41, 5.74) is 6.69. The number of benzene rings is 2. The average molecular weight is 410 g/mol. The number of likely N-dealkylation sites (tertiary alicyclic amines) is 1. The van der Waals surface area contributed by atoms with Gasteiger partial charge in [-0.05, 0) is 61.1 Å². The van der Waals surface area contributed by atoms with Crippen molar-refractivity contribution in [3.63, 3.8) is 0 Å². The molecule has 5 rings (SSSR count). The molecule has 1 atom stereocenters. The molecule has 2 aromatic heterocycles. The summed E-state index contributed by atoms with van der Waals surface area (Å²) in [6.07, 6.45) is 5.31. The van der Waals surface area contributed by atoms with E-state index in [4.69, 9.17) is 4.98 Å². The number of amides is 1. The van der Waals surface area contributed by atoms with Crippen LogP contribution >= 0.6 is 0 Å². The number of aromatic nitrogens is 2. The third kappa shape index (κ3) is 3.98. The lowest BCUT2D eigenvalue weighted by atomic mass is 10.0. The Morgan fingerprint density at radius 2 is 1.87 bits per heavy atom. The highest BCUT2D eigenvalue weighted by Crippen LogP contribution is 2.34. The molecule has 1 saturated heterocycles. The monoisotopic (exact) mass is 409 g/mol. The molecule has 4 nitrogen and oxygen atoms in total. The number of carbonyl (C=O) groups excluding carboxylic acids is 1. The molecule has 1 aliphatic heterocycles. The lowest BCUT2D eigenvalue weighted by molar-refractivity contribution is -0.132. The van der Waals surface area contributed by atoms with Gasteiger partial charge in [-0.15, -0.1) is 0 Å². The summed E-state index contributed by atoms with van der Waals surface area (Å²) in [6.45, 7) is 2.85. The molecule has 4 aromatic rings. The van der Waals surface area contributed by atoms with Gasteiger partial charge >= 0.3 is 0 Å². The largest absolute Gasteiger partial charge is 0.361 e. The van der Waals surface area contributed by atoms with E-state index in [1.54, 1.807) is 0 Å². The number of hydrogen-bond acceptors (Lipinski definition) is 2. The zero-order valence-corrected chi connectivity index (χ0v) is 17.8. The third-order valence-corrected chi connectivity index (χ3v) is 6.28. The summed E-state index contributed by atoms with van der Waals surface area (Å²) < 4.78 is 0. The van der Waals surface area contributed by atoms with Gasteiger partial charge in [0.25, 0.3) is 0 Å². The topological polar surface area (TPSA) is 49.0 Å². The van der Waals surface area contributed by atoms with E-state index in [0.29, 0.717) is 6.42 Å². The standard InChI is InChI=1S/C27H27N3O/c1-19-16-22(20-8-3-2-4-9-20)17-25(29-19)26-12-7-15-30(26)27(31)14-13-21-18-28-24-11-6-5-10-23(21)24/h2-6,8-11,16-18,26,28H,7,12-15H2,1H3. The summed E-state index contributed by atoms with van der Waals surface area (Å²) >= 11 is 0. The molecular weight excluding hydrogens is 382 g/mol. The number of nitrogens with zero attached hydrogens (tertiary/aromatic N) is 2. The summed E-state index contributed by atoms with van der Waals surface area (Å²) in [6, 6.07) is 23.0. The fraction of sp³-hybridized carbons (Fsp3) is 0.259. The van der Waals surface area contributed by atoms with Crippen LogP contribution in [0.3, 0.4) is 0 Å². The van der Waals surface area contributed by atoms with Crippen LogP contribution in [0.25, 0.3) is 22.0 Å². The number of hydrogen-bond donors (Lipinski definition) is 1. The van der Waals surface area contributed by atoms with Crippen LogP contribution in [0.2, 0.25) is 0 Å². The lowest BCUT2D eigenvalue weighted by Gasteiger charge is -2.25. The second kappa shape index (κ2) is 8.38. The maximum absolute atomic E-state index is 13.2. The van der Waals surface area contributed by atoms with Crippen LogP contribution < -0.4 is 0 Å². The van der Waals surface area contributed by atoms with E-state index in [2.05, 4.69) is 53.5 Å². The maximum atomic E-state index is 13.2. The highest BCUT2D eigenvalue weighted by molar-refractivity contribution is 5.84. The normalized spacial score (nSPS) is 16.2. The van der Waals surface area contributed by atoms with Crippen molar-refractivity contribution in [3.05, 3.63) is 89.9 Å². The van der Waals surface area contributed by atoms with Crippen molar-refractivity contribution in [2.75, 3.05) is 6.54 Å². The Labute approximate surface area is 182 Å². The number of H-pyrrole nitrogens is 1. The van der Waals surface area contributed by atoms with Crippen LogP contribution in [0, 0.1) is 6.92 Å². The van der Waals surface area contributed by atoms with Crippen molar-refractivity contribution in [2.45, 2.75) is 38.6 Å². The Bertz CT molecular complexity index is 1210. The molecular formula is C27H27N3O. The van der Waals surface area contributed by atoms with Gasteiger partial charge in [0.1, 0.15) is 0 Å². The minimum atomic E-state index is 0.0674. The first kappa shape index (κ1) is 19.6. The summed E-state index contributed by atoms with van der Waals surface area (Å²) in [4.78, 5) is 23.4. The zero-order valence-electron chi connectivity index (χ0n) is 17.8. The van der Waals surface area contributed by atoms with Gasteiger partial charge in [-0.2, -0.15) is 0 Å². The predicted molar refractivity (Wildman–Crippen MR) is 125 cm³/mol. The van der Waals surface area contributed by atoms with Gasteiger partial charge in [-0.25, -0.2) is 0 Å². The molecule has 0 saturated carbocycles. The fourth-order valence-electron chi connectivity index (χ4n) is 4.76. The maximum Gasteiger partial charge on any atom is 0.223 e. The molecule has 156 valence electrons. The van der Waals surface area contributed by atoms with E-state index in [0.717, 1.165) is 42.7 Å². The second-order valence-corrected chi connectivity index (χ2v) is 8.39.